The van der Waals surface area contributed by atoms with E-state index in [9.17, 15) is 8.42 Å². The van der Waals surface area contributed by atoms with Crippen LogP contribution < -0.4 is 4.74 Å². The normalized spacial score (nSPS) is 13.0. The van der Waals surface area contributed by atoms with Gasteiger partial charge in [0.05, 0.1) is 12.4 Å². The van der Waals surface area contributed by atoms with Crippen molar-refractivity contribution in [1.29, 1.82) is 0 Å². The van der Waals surface area contributed by atoms with Gasteiger partial charge < -0.3 is 14.0 Å². The summed E-state index contributed by atoms with van der Waals surface area (Å²) in [6.45, 7) is 4.26. The van der Waals surface area contributed by atoms with Crippen molar-refractivity contribution in [2.45, 2.75) is 31.7 Å². The molecule has 9 nitrogen and oxygen atoms in total. The molecule has 0 N–H and O–H groups in total. The van der Waals surface area contributed by atoms with Crippen molar-refractivity contribution in [2.24, 2.45) is 0 Å². The van der Waals surface area contributed by atoms with Crippen LogP contribution in [-0.2, 0) is 21.2 Å². The first-order chi connectivity index (χ1) is 10.4. The molecule has 0 spiro atoms. The second-order valence-corrected chi connectivity index (χ2v) is 6.32. The summed E-state index contributed by atoms with van der Waals surface area (Å²) in [5.74, 6) is 1.00. The van der Waals surface area contributed by atoms with Gasteiger partial charge in [0, 0.05) is 12.9 Å². The maximum absolute atomic E-state index is 11.2. The van der Waals surface area contributed by atoms with Crippen LogP contribution in [-0.4, -0.2) is 41.4 Å². The third-order valence-corrected chi connectivity index (χ3v) is 3.44. The minimum absolute atomic E-state index is 0.0213. The number of sulfone groups is 1. The van der Waals surface area contributed by atoms with E-state index in [-0.39, 0.29) is 23.8 Å². The van der Waals surface area contributed by atoms with Crippen LogP contribution in [0.2, 0.25) is 0 Å². The summed E-state index contributed by atoms with van der Waals surface area (Å²) in [5, 5.41) is 3.53. The van der Waals surface area contributed by atoms with Gasteiger partial charge in [-0.2, -0.15) is 4.98 Å². The fourth-order valence-corrected chi connectivity index (χ4v) is 2.02. The number of hydrogen-bond acceptors (Lipinski definition) is 9. The number of nitrogens with zero attached hydrogens (tertiary/aromatic N) is 4. The average molecular weight is 328 g/mol. The lowest BCUT2D eigenvalue weighted by Gasteiger charge is -2.05. The molecule has 120 valence electrons. The smallest absolute Gasteiger partial charge is 0.264 e. The molecule has 0 unspecified atom stereocenters. The quantitative estimate of drug-likeness (QED) is 0.684. The molecule has 10 heteroatoms. The summed E-state index contributed by atoms with van der Waals surface area (Å²) in [4.78, 5) is 11.6. The minimum Gasteiger partial charge on any atom is -0.481 e. The fraction of sp³-hybridized carbons (Fsp3) is 0.500. The molecule has 2 heterocycles. The summed E-state index contributed by atoms with van der Waals surface area (Å²) in [7, 11) is -3.43. The van der Waals surface area contributed by atoms with E-state index >= 15 is 0 Å². The third-order valence-electron chi connectivity index (χ3n) is 2.56. The van der Waals surface area contributed by atoms with E-state index in [0.717, 1.165) is 6.26 Å². The molecule has 0 aliphatic rings. The molecule has 0 amide bonds. The molecule has 0 radical (unpaired) electrons. The van der Waals surface area contributed by atoms with Gasteiger partial charge in [0.15, 0.2) is 18.2 Å². The van der Waals surface area contributed by atoms with Gasteiger partial charge in [0.25, 0.3) is 5.89 Å². The first kappa shape index (κ1) is 16.3. The van der Waals surface area contributed by atoms with Crippen LogP contribution >= 0.6 is 0 Å². The average Bonchev–Trinajstić information content (AvgIpc) is 2.94. The maximum atomic E-state index is 11.2. The van der Waals surface area contributed by atoms with E-state index in [1.54, 1.807) is 0 Å². The van der Waals surface area contributed by atoms with Crippen molar-refractivity contribution in [3.05, 3.63) is 24.1 Å². The van der Waals surface area contributed by atoms with Gasteiger partial charge in [-0.3, -0.25) is 0 Å². The summed E-state index contributed by atoms with van der Waals surface area (Å²) >= 11 is 0. The zero-order valence-electron chi connectivity index (χ0n) is 12.4. The van der Waals surface area contributed by atoms with E-state index in [1.165, 1.54) is 12.4 Å². The monoisotopic (exact) mass is 328 g/mol. The molecule has 0 fully saturated rings. The predicted molar refractivity (Wildman–Crippen MR) is 73.8 cm³/mol. The molecular formula is C12H16N4O5S. The zero-order valence-corrected chi connectivity index (χ0v) is 13.2. The first-order valence-electron chi connectivity index (χ1n) is 6.49. The van der Waals surface area contributed by atoms with Crippen molar-refractivity contribution < 1.29 is 22.4 Å². The van der Waals surface area contributed by atoms with Gasteiger partial charge in [0.2, 0.25) is 15.0 Å². The second-order valence-electron chi connectivity index (χ2n) is 4.41. The fourth-order valence-electron chi connectivity index (χ4n) is 1.53. The van der Waals surface area contributed by atoms with E-state index in [1.807, 2.05) is 13.8 Å². The molecule has 2 aromatic rings. The number of rotatable bonds is 7. The lowest BCUT2D eigenvalue weighted by molar-refractivity contribution is 0.0683. The molecular weight excluding hydrogens is 312 g/mol. The van der Waals surface area contributed by atoms with Crippen molar-refractivity contribution in [1.82, 2.24) is 20.1 Å². The number of aromatic nitrogens is 4. The topological polar surface area (TPSA) is 117 Å². The van der Waals surface area contributed by atoms with Crippen LogP contribution in [0.25, 0.3) is 0 Å². The van der Waals surface area contributed by atoms with Crippen molar-refractivity contribution in [3.8, 4) is 5.75 Å². The molecule has 0 saturated carbocycles. The van der Waals surface area contributed by atoms with Gasteiger partial charge in [0.1, 0.15) is 6.10 Å². The lowest BCUT2D eigenvalue weighted by Crippen LogP contribution is -2.05. The Morgan fingerprint density at radius 1 is 1.32 bits per heavy atom. The molecule has 2 rings (SSSR count). The molecule has 2 aromatic heterocycles. The van der Waals surface area contributed by atoms with Gasteiger partial charge in [-0.15, -0.1) is 0 Å². The number of ether oxygens (including phenoxy) is 2. The minimum atomic E-state index is -3.43. The highest BCUT2D eigenvalue weighted by Gasteiger charge is 2.14. The predicted octanol–water partition coefficient (Wildman–Crippen LogP) is 0.940. The Morgan fingerprint density at radius 3 is 2.59 bits per heavy atom. The Morgan fingerprint density at radius 2 is 2.00 bits per heavy atom. The van der Waals surface area contributed by atoms with E-state index in [0.29, 0.717) is 18.2 Å². The van der Waals surface area contributed by atoms with Crippen molar-refractivity contribution >= 4 is 9.84 Å². The highest BCUT2D eigenvalue weighted by atomic mass is 32.2. The molecule has 0 aliphatic carbocycles. The Bertz CT molecular complexity index is 713. The van der Waals surface area contributed by atoms with Gasteiger partial charge in [-0.1, -0.05) is 5.16 Å². The summed E-state index contributed by atoms with van der Waals surface area (Å²) in [6.07, 6.45) is 3.30. The molecule has 0 aliphatic heterocycles. The SMILES string of the molecule is CCO[C@@H](C)c1noc(COc2cnc(S(C)(=O)=O)nc2)n1. The van der Waals surface area contributed by atoms with Crippen molar-refractivity contribution in [2.75, 3.05) is 12.9 Å². The van der Waals surface area contributed by atoms with Crippen LogP contribution in [0.3, 0.4) is 0 Å². The van der Waals surface area contributed by atoms with E-state index in [4.69, 9.17) is 14.0 Å². The second kappa shape index (κ2) is 6.79. The maximum Gasteiger partial charge on any atom is 0.264 e. The first-order valence-corrected chi connectivity index (χ1v) is 8.38. The third kappa shape index (κ3) is 4.21. The van der Waals surface area contributed by atoms with Gasteiger partial charge in [-0.25, -0.2) is 18.4 Å². The van der Waals surface area contributed by atoms with Crippen molar-refractivity contribution in [3.63, 3.8) is 0 Å². The number of hydrogen-bond donors (Lipinski definition) is 0. The zero-order chi connectivity index (χ0) is 16.2. The Labute approximate surface area is 127 Å². The Balaban J connectivity index is 1.96. The van der Waals surface area contributed by atoms with E-state index < -0.39 is 9.84 Å². The molecule has 22 heavy (non-hydrogen) atoms. The van der Waals surface area contributed by atoms with Crippen LogP contribution in [0.5, 0.6) is 5.75 Å². The lowest BCUT2D eigenvalue weighted by atomic mass is 10.4. The largest absolute Gasteiger partial charge is 0.481 e. The summed E-state index contributed by atoms with van der Waals surface area (Å²) in [5.41, 5.74) is 0. The van der Waals surface area contributed by atoms with Crippen LogP contribution in [0, 0.1) is 0 Å². The van der Waals surface area contributed by atoms with Gasteiger partial charge in [-0.05, 0) is 13.8 Å². The van der Waals surface area contributed by atoms with Crippen LogP contribution in [0.15, 0.2) is 22.1 Å². The van der Waals surface area contributed by atoms with Gasteiger partial charge >= 0.3 is 0 Å². The summed E-state index contributed by atoms with van der Waals surface area (Å²) < 4.78 is 38.2. The van der Waals surface area contributed by atoms with E-state index in [2.05, 4.69) is 20.1 Å². The summed E-state index contributed by atoms with van der Waals surface area (Å²) in [6, 6.07) is 0. The van der Waals surface area contributed by atoms with Crippen LogP contribution in [0.4, 0.5) is 0 Å². The Hall–Kier alpha value is -2.07. The molecule has 0 saturated heterocycles. The molecule has 0 bridgehead atoms. The Kier molecular flexibility index (Phi) is 5.03. The molecule has 1 atom stereocenters. The molecule has 0 aromatic carbocycles. The van der Waals surface area contributed by atoms with Crippen LogP contribution in [0.1, 0.15) is 31.7 Å². The highest BCUT2D eigenvalue weighted by Crippen LogP contribution is 2.14. The highest BCUT2D eigenvalue weighted by molar-refractivity contribution is 7.90. The standard InChI is InChI=1S/C12H16N4O5S/c1-4-19-8(2)11-15-10(21-16-11)7-20-9-5-13-12(14-6-9)22(3,17)18/h5-6,8H,4,7H2,1-3H3/t8-/m0/s1.